The van der Waals surface area contributed by atoms with Crippen LogP contribution in [0, 0.1) is 0 Å². The van der Waals surface area contributed by atoms with E-state index in [1.54, 1.807) is 24.3 Å². The number of hydrogen-bond acceptors (Lipinski definition) is 5. The molecule has 1 heterocycles. The molecule has 1 saturated carbocycles. The van der Waals surface area contributed by atoms with Crippen LogP contribution in [0.1, 0.15) is 53.6 Å². The number of carbonyl (C=O) groups is 1. The molecule has 1 fully saturated rings. The number of ether oxygens (including phenoxy) is 1. The molecule has 7 heteroatoms. The summed E-state index contributed by atoms with van der Waals surface area (Å²) in [6, 6.07) is 17.2. The standard InChI is InChI=1S/C20H21N5O2/c1-14(19-22-23-24-25(19)17-9-10-17)21-20(26)16-7-11-18(12-8-16)27-13-15-5-3-2-4-6-15/h2-8,11-12,14,17H,9-10,13H2,1H3,(H,21,26)/t14-/m1/s1. The molecule has 27 heavy (non-hydrogen) atoms. The van der Waals surface area contributed by atoms with E-state index in [1.807, 2.05) is 41.9 Å². The summed E-state index contributed by atoms with van der Waals surface area (Å²) in [7, 11) is 0. The molecule has 1 aliphatic carbocycles. The summed E-state index contributed by atoms with van der Waals surface area (Å²) in [6.45, 7) is 2.38. The van der Waals surface area contributed by atoms with E-state index in [-0.39, 0.29) is 11.9 Å². The van der Waals surface area contributed by atoms with Gasteiger partial charge in [0.25, 0.3) is 5.91 Å². The molecule has 1 aliphatic rings. The lowest BCUT2D eigenvalue weighted by Crippen LogP contribution is -2.28. The Bertz CT molecular complexity index is 904. The summed E-state index contributed by atoms with van der Waals surface area (Å²) >= 11 is 0. The van der Waals surface area contributed by atoms with Crippen LogP contribution < -0.4 is 10.1 Å². The van der Waals surface area contributed by atoms with Crippen LogP contribution in [0.25, 0.3) is 0 Å². The first-order chi connectivity index (χ1) is 13.2. The van der Waals surface area contributed by atoms with Crippen molar-refractivity contribution in [1.82, 2.24) is 25.5 Å². The molecule has 138 valence electrons. The fourth-order valence-electron chi connectivity index (χ4n) is 2.85. The van der Waals surface area contributed by atoms with Gasteiger partial charge in [-0.1, -0.05) is 30.3 Å². The van der Waals surface area contributed by atoms with Crippen LogP contribution in [-0.2, 0) is 6.61 Å². The van der Waals surface area contributed by atoms with Crippen molar-refractivity contribution in [3.05, 3.63) is 71.5 Å². The highest BCUT2D eigenvalue weighted by Crippen LogP contribution is 2.35. The van der Waals surface area contributed by atoms with Crippen molar-refractivity contribution in [2.45, 2.75) is 38.5 Å². The first-order valence-electron chi connectivity index (χ1n) is 9.06. The molecule has 2 aromatic carbocycles. The predicted molar refractivity (Wildman–Crippen MR) is 99.2 cm³/mol. The second-order valence-electron chi connectivity index (χ2n) is 6.71. The van der Waals surface area contributed by atoms with Gasteiger partial charge in [0.05, 0.1) is 12.1 Å². The summed E-state index contributed by atoms with van der Waals surface area (Å²) in [6.07, 6.45) is 2.17. The quantitative estimate of drug-likeness (QED) is 0.698. The zero-order valence-corrected chi connectivity index (χ0v) is 15.1. The Morgan fingerprint density at radius 1 is 1.19 bits per heavy atom. The Kier molecular flexibility index (Phi) is 4.82. The number of nitrogens with zero attached hydrogens (tertiary/aromatic N) is 4. The van der Waals surface area contributed by atoms with Gasteiger partial charge in [-0.25, -0.2) is 4.68 Å². The first kappa shape index (κ1) is 17.2. The smallest absolute Gasteiger partial charge is 0.251 e. The van der Waals surface area contributed by atoms with E-state index >= 15 is 0 Å². The number of hydrogen-bond donors (Lipinski definition) is 1. The first-order valence-corrected chi connectivity index (χ1v) is 9.06. The minimum atomic E-state index is -0.262. The predicted octanol–water partition coefficient (Wildman–Crippen LogP) is 3.08. The minimum Gasteiger partial charge on any atom is -0.489 e. The van der Waals surface area contributed by atoms with Gasteiger partial charge in [-0.2, -0.15) is 0 Å². The third kappa shape index (κ3) is 4.13. The average Bonchev–Trinajstić information content (AvgIpc) is 3.43. The van der Waals surface area contributed by atoms with Gasteiger partial charge in [-0.3, -0.25) is 4.79 Å². The van der Waals surface area contributed by atoms with Gasteiger partial charge >= 0.3 is 0 Å². The van der Waals surface area contributed by atoms with Crippen molar-refractivity contribution in [3.63, 3.8) is 0 Å². The molecular formula is C20H21N5O2. The van der Waals surface area contributed by atoms with Crippen molar-refractivity contribution in [2.24, 2.45) is 0 Å². The van der Waals surface area contributed by atoms with Crippen LogP contribution in [-0.4, -0.2) is 26.1 Å². The third-order valence-electron chi connectivity index (χ3n) is 4.51. The van der Waals surface area contributed by atoms with Gasteiger partial charge in [0, 0.05) is 5.56 Å². The number of aromatic nitrogens is 4. The van der Waals surface area contributed by atoms with E-state index in [9.17, 15) is 4.79 Å². The summed E-state index contributed by atoms with van der Waals surface area (Å²) in [4.78, 5) is 12.5. The maximum atomic E-state index is 12.5. The number of tetrazole rings is 1. The number of carbonyl (C=O) groups excluding carboxylic acids is 1. The van der Waals surface area contributed by atoms with Gasteiger partial charge in [-0.15, -0.1) is 5.10 Å². The largest absolute Gasteiger partial charge is 0.489 e. The molecule has 0 radical (unpaired) electrons. The van der Waals surface area contributed by atoms with E-state index < -0.39 is 0 Å². The molecule has 1 aromatic heterocycles. The molecule has 0 spiro atoms. The lowest BCUT2D eigenvalue weighted by Gasteiger charge is -2.14. The molecule has 0 saturated heterocycles. The van der Waals surface area contributed by atoms with Crippen molar-refractivity contribution < 1.29 is 9.53 Å². The second kappa shape index (κ2) is 7.57. The highest BCUT2D eigenvalue weighted by molar-refractivity contribution is 5.94. The highest BCUT2D eigenvalue weighted by atomic mass is 16.5. The third-order valence-corrected chi connectivity index (χ3v) is 4.51. The molecule has 1 atom stereocenters. The lowest BCUT2D eigenvalue weighted by atomic mass is 10.2. The maximum Gasteiger partial charge on any atom is 0.251 e. The topological polar surface area (TPSA) is 81.9 Å². The van der Waals surface area contributed by atoms with E-state index in [1.165, 1.54) is 0 Å². The van der Waals surface area contributed by atoms with E-state index in [0.717, 1.165) is 24.2 Å². The van der Waals surface area contributed by atoms with Gasteiger partial charge in [0.2, 0.25) is 0 Å². The zero-order chi connectivity index (χ0) is 18.6. The van der Waals surface area contributed by atoms with Crippen molar-refractivity contribution in [1.29, 1.82) is 0 Å². The zero-order valence-electron chi connectivity index (χ0n) is 15.1. The fraction of sp³-hybridized carbons (Fsp3) is 0.300. The molecule has 0 bridgehead atoms. The Labute approximate surface area is 157 Å². The van der Waals surface area contributed by atoms with E-state index in [2.05, 4.69) is 20.8 Å². The lowest BCUT2D eigenvalue weighted by molar-refractivity contribution is 0.0937. The number of rotatable bonds is 7. The maximum absolute atomic E-state index is 12.5. The SMILES string of the molecule is C[C@@H](NC(=O)c1ccc(OCc2ccccc2)cc1)c1nnnn1C1CC1. The van der Waals surface area contributed by atoms with Gasteiger partial charge in [-0.05, 0) is 60.0 Å². The molecule has 1 amide bonds. The van der Waals surface area contributed by atoms with Crippen molar-refractivity contribution in [3.8, 4) is 5.75 Å². The Morgan fingerprint density at radius 2 is 1.93 bits per heavy atom. The number of benzene rings is 2. The average molecular weight is 363 g/mol. The van der Waals surface area contributed by atoms with E-state index in [0.29, 0.717) is 24.0 Å². The fourth-order valence-corrected chi connectivity index (χ4v) is 2.85. The molecule has 4 rings (SSSR count). The summed E-state index contributed by atoms with van der Waals surface area (Å²) in [5.74, 6) is 1.25. The molecular weight excluding hydrogens is 342 g/mol. The minimum absolute atomic E-state index is 0.164. The van der Waals surface area contributed by atoms with Gasteiger partial charge < -0.3 is 10.1 Å². The molecule has 0 unspecified atom stereocenters. The van der Waals surface area contributed by atoms with Crippen LogP contribution in [0.5, 0.6) is 5.75 Å². The van der Waals surface area contributed by atoms with Crippen LogP contribution in [0.3, 0.4) is 0 Å². The van der Waals surface area contributed by atoms with E-state index in [4.69, 9.17) is 4.74 Å². The van der Waals surface area contributed by atoms with Crippen LogP contribution >= 0.6 is 0 Å². The Morgan fingerprint density at radius 3 is 2.63 bits per heavy atom. The molecule has 3 aromatic rings. The summed E-state index contributed by atoms with van der Waals surface area (Å²) < 4.78 is 7.57. The van der Waals surface area contributed by atoms with Crippen molar-refractivity contribution >= 4 is 5.91 Å². The summed E-state index contributed by atoms with van der Waals surface area (Å²) in [5, 5.41) is 14.8. The molecule has 7 nitrogen and oxygen atoms in total. The van der Waals surface area contributed by atoms with Gasteiger partial charge in [0.1, 0.15) is 12.4 Å². The van der Waals surface area contributed by atoms with Crippen LogP contribution in [0.2, 0.25) is 0 Å². The monoisotopic (exact) mass is 363 g/mol. The van der Waals surface area contributed by atoms with Crippen LogP contribution in [0.15, 0.2) is 54.6 Å². The number of nitrogens with one attached hydrogen (secondary N) is 1. The van der Waals surface area contributed by atoms with Gasteiger partial charge in [0.15, 0.2) is 5.82 Å². The normalized spacial score (nSPS) is 14.6. The molecule has 0 aliphatic heterocycles. The second-order valence-corrected chi connectivity index (χ2v) is 6.71. The molecule has 1 N–H and O–H groups in total. The van der Waals surface area contributed by atoms with Crippen molar-refractivity contribution in [2.75, 3.05) is 0 Å². The highest BCUT2D eigenvalue weighted by Gasteiger charge is 2.29. The van der Waals surface area contributed by atoms with Crippen LogP contribution in [0.4, 0.5) is 0 Å². The Hall–Kier alpha value is -3.22. The number of amides is 1. The summed E-state index contributed by atoms with van der Waals surface area (Å²) in [5.41, 5.74) is 1.67. The Balaban J connectivity index is 1.35.